The maximum absolute atomic E-state index is 10.6. The van der Waals surface area contributed by atoms with Gasteiger partial charge in [0.15, 0.2) is 0 Å². The molecule has 0 aliphatic heterocycles. The highest BCUT2D eigenvalue weighted by Gasteiger charge is 2.11. The van der Waals surface area contributed by atoms with E-state index in [1.165, 1.54) is 12.6 Å². The molecule has 5 nitrogen and oxygen atoms in total. The fraction of sp³-hybridized carbons (Fsp3) is 0.100. The van der Waals surface area contributed by atoms with E-state index in [9.17, 15) is 4.79 Å². The van der Waals surface area contributed by atoms with Gasteiger partial charge >= 0.3 is 5.97 Å². The van der Waals surface area contributed by atoms with Gasteiger partial charge in [0.05, 0.1) is 18.2 Å². The summed E-state index contributed by atoms with van der Waals surface area (Å²) in [6.07, 6.45) is 5.96. The van der Waals surface area contributed by atoms with Crippen molar-refractivity contribution in [3.63, 3.8) is 0 Å². The third kappa shape index (κ3) is 2.01. The molecule has 76 valence electrons. The zero-order valence-corrected chi connectivity index (χ0v) is 7.75. The first-order valence-electron chi connectivity index (χ1n) is 4.31. The molecular formula is C10H8N2O3. The third-order valence-corrected chi connectivity index (χ3v) is 1.91. The number of hydrogen-bond donors (Lipinski definition) is 1. The molecule has 2 aromatic heterocycles. The molecule has 2 heterocycles. The van der Waals surface area contributed by atoms with Gasteiger partial charge in [0.1, 0.15) is 12.1 Å². The summed E-state index contributed by atoms with van der Waals surface area (Å²) < 4.78 is 5.21. The Hall–Kier alpha value is -2.17. The van der Waals surface area contributed by atoms with E-state index in [2.05, 4.69) is 9.97 Å². The van der Waals surface area contributed by atoms with Crippen LogP contribution in [0.15, 0.2) is 35.5 Å². The van der Waals surface area contributed by atoms with Gasteiger partial charge in [-0.05, 0) is 6.07 Å². The molecule has 0 bridgehead atoms. The lowest BCUT2D eigenvalue weighted by Crippen LogP contribution is -2.00. The summed E-state index contributed by atoms with van der Waals surface area (Å²) in [4.78, 5) is 18.3. The van der Waals surface area contributed by atoms with E-state index < -0.39 is 5.97 Å². The summed E-state index contributed by atoms with van der Waals surface area (Å²) in [6, 6.07) is 1.64. The predicted octanol–water partition coefficient (Wildman–Crippen LogP) is 1.36. The van der Waals surface area contributed by atoms with E-state index in [-0.39, 0.29) is 6.42 Å². The number of hydrogen-bond acceptors (Lipinski definition) is 4. The van der Waals surface area contributed by atoms with Gasteiger partial charge in [-0.2, -0.15) is 0 Å². The summed E-state index contributed by atoms with van der Waals surface area (Å²) in [5.41, 5.74) is 1.30. The zero-order chi connectivity index (χ0) is 10.7. The lowest BCUT2D eigenvalue weighted by Gasteiger charge is -1.98. The third-order valence-electron chi connectivity index (χ3n) is 1.91. The number of furan rings is 1. The number of rotatable bonds is 3. The maximum atomic E-state index is 10.6. The number of aromatic nitrogens is 2. The minimum atomic E-state index is -0.894. The minimum Gasteiger partial charge on any atom is -0.481 e. The van der Waals surface area contributed by atoms with Crippen LogP contribution in [-0.2, 0) is 11.2 Å². The van der Waals surface area contributed by atoms with Gasteiger partial charge < -0.3 is 9.52 Å². The highest BCUT2D eigenvalue weighted by molar-refractivity contribution is 5.74. The van der Waals surface area contributed by atoms with E-state index >= 15 is 0 Å². The van der Waals surface area contributed by atoms with Crippen molar-refractivity contribution in [1.82, 2.24) is 9.97 Å². The molecule has 0 aliphatic rings. The second kappa shape index (κ2) is 3.91. The monoisotopic (exact) mass is 204 g/mol. The molecule has 0 spiro atoms. The Morgan fingerprint density at radius 3 is 2.80 bits per heavy atom. The highest BCUT2D eigenvalue weighted by Crippen LogP contribution is 2.23. The number of carbonyl (C=O) groups is 1. The van der Waals surface area contributed by atoms with E-state index in [0.29, 0.717) is 16.9 Å². The van der Waals surface area contributed by atoms with Crippen LogP contribution in [0.25, 0.3) is 11.3 Å². The van der Waals surface area contributed by atoms with Crippen LogP contribution >= 0.6 is 0 Å². The van der Waals surface area contributed by atoms with Gasteiger partial charge in [0.25, 0.3) is 0 Å². The molecule has 2 rings (SSSR count). The van der Waals surface area contributed by atoms with E-state index in [1.54, 1.807) is 18.5 Å². The number of carboxylic acid groups (broad SMARTS) is 1. The van der Waals surface area contributed by atoms with Crippen molar-refractivity contribution >= 4 is 5.97 Å². The molecule has 0 atom stereocenters. The standard InChI is InChI=1S/C10H8N2O3/c13-9(14)3-7-1-2-15-10(7)8-4-11-6-12-5-8/h1-2,4-6H,3H2,(H,13,14). The summed E-state index contributed by atoms with van der Waals surface area (Å²) in [5, 5.41) is 8.68. The summed E-state index contributed by atoms with van der Waals surface area (Å²) in [5.74, 6) is -0.382. The van der Waals surface area contributed by atoms with Crippen molar-refractivity contribution in [2.24, 2.45) is 0 Å². The zero-order valence-electron chi connectivity index (χ0n) is 7.75. The molecule has 0 saturated carbocycles. The Morgan fingerprint density at radius 2 is 2.13 bits per heavy atom. The fourth-order valence-corrected chi connectivity index (χ4v) is 1.31. The summed E-state index contributed by atoms with van der Waals surface area (Å²) in [7, 11) is 0. The molecule has 1 N–H and O–H groups in total. The Morgan fingerprint density at radius 1 is 1.40 bits per heavy atom. The first-order chi connectivity index (χ1) is 7.27. The topological polar surface area (TPSA) is 76.2 Å². The van der Waals surface area contributed by atoms with Gasteiger partial charge in [-0.15, -0.1) is 0 Å². The second-order valence-electron chi connectivity index (χ2n) is 2.97. The predicted molar refractivity (Wildman–Crippen MR) is 51.1 cm³/mol. The molecule has 5 heteroatoms. The van der Waals surface area contributed by atoms with Crippen molar-refractivity contribution in [3.8, 4) is 11.3 Å². The molecule has 0 unspecified atom stereocenters. The van der Waals surface area contributed by atoms with Crippen molar-refractivity contribution in [1.29, 1.82) is 0 Å². The fourth-order valence-electron chi connectivity index (χ4n) is 1.31. The van der Waals surface area contributed by atoms with Crippen LogP contribution < -0.4 is 0 Å². The molecule has 2 aromatic rings. The SMILES string of the molecule is O=C(O)Cc1ccoc1-c1cncnc1. The van der Waals surface area contributed by atoms with Gasteiger partial charge in [-0.1, -0.05) is 0 Å². The first kappa shape index (κ1) is 9.39. The average molecular weight is 204 g/mol. The van der Waals surface area contributed by atoms with Crippen LogP contribution in [0, 0.1) is 0 Å². The van der Waals surface area contributed by atoms with Crippen molar-refractivity contribution < 1.29 is 14.3 Å². The number of nitrogens with zero attached hydrogens (tertiary/aromatic N) is 2. The molecule has 0 aliphatic carbocycles. The van der Waals surface area contributed by atoms with Crippen molar-refractivity contribution in [2.45, 2.75) is 6.42 Å². The Bertz CT molecular complexity index is 465. The highest BCUT2D eigenvalue weighted by atomic mass is 16.4. The van der Waals surface area contributed by atoms with Crippen LogP contribution in [-0.4, -0.2) is 21.0 Å². The van der Waals surface area contributed by atoms with E-state index in [0.717, 1.165) is 0 Å². The quantitative estimate of drug-likeness (QED) is 0.816. The second-order valence-corrected chi connectivity index (χ2v) is 2.97. The largest absolute Gasteiger partial charge is 0.481 e. The Balaban J connectivity index is 2.37. The molecule has 0 amide bonds. The van der Waals surface area contributed by atoms with Crippen LogP contribution in [0.5, 0.6) is 0 Å². The molecule has 0 aromatic carbocycles. The van der Waals surface area contributed by atoms with E-state index in [4.69, 9.17) is 9.52 Å². The van der Waals surface area contributed by atoms with Gasteiger partial charge in [-0.25, -0.2) is 9.97 Å². The maximum Gasteiger partial charge on any atom is 0.307 e. The van der Waals surface area contributed by atoms with Crippen molar-refractivity contribution in [3.05, 3.63) is 36.6 Å². The first-order valence-corrected chi connectivity index (χ1v) is 4.31. The van der Waals surface area contributed by atoms with Crippen LogP contribution in [0.1, 0.15) is 5.56 Å². The molecular weight excluding hydrogens is 196 g/mol. The average Bonchev–Trinajstić information content (AvgIpc) is 2.66. The summed E-state index contributed by atoms with van der Waals surface area (Å²) >= 11 is 0. The molecule has 15 heavy (non-hydrogen) atoms. The van der Waals surface area contributed by atoms with E-state index in [1.807, 2.05) is 0 Å². The Kier molecular flexibility index (Phi) is 2.45. The van der Waals surface area contributed by atoms with Crippen LogP contribution in [0.3, 0.4) is 0 Å². The minimum absolute atomic E-state index is 0.0687. The smallest absolute Gasteiger partial charge is 0.307 e. The molecule has 0 saturated heterocycles. The Labute approximate surface area is 85.4 Å². The van der Waals surface area contributed by atoms with Gasteiger partial charge in [0.2, 0.25) is 0 Å². The van der Waals surface area contributed by atoms with Gasteiger partial charge in [-0.3, -0.25) is 4.79 Å². The lowest BCUT2D eigenvalue weighted by atomic mass is 10.1. The summed E-state index contributed by atoms with van der Waals surface area (Å²) in [6.45, 7) is 0. The molecule has 0 fully saturated rings. The number of carboxylic acids is 1. The normalized spacial score (nSPS) is 10.1. The molecule has 0 radical (unpaired) electrons. The lowest BCUT2D eigenvalue weighted by molar-refractivity contribution is -0.136. The van der Waals surface area contributed by atoms with Crippen molar-refractivity contribution in [2.75, 3.05) is 0 Å². The number of aliphatic carboxylic acids is 1. The van der Waals surface area contributed by atoms with Crippen LogP contribution in [0.4, 0.5) is 0 Å². The van der Waals surface area contributed by atoms with Gasteiger partial charge in [0, 0.05) is 18.0 Å². The van der Waals surface area contributed by atoms with Crippen LogP contribution in [0.2, 0.25) is 0 Å².